The molecule has 0 saturated heterocycles. The average molecular weight is 789 g/mol. The maximum Gasteiger partial charge on any atom is 0.330 e. The molecule has 2 rings (SSSR count). The van der Waals surface area contributed by atoms with Crippen molar-refractivity contribution in [2.45, 2.75) is 58.2 Å². The quantitative estimate of drug-likeness (QED) is 0.0408. The molecule has 19 nitrogen and oxygen atoms in total. The van der Waals surface area contributed by atoms with E-state index in [0.29, 0.717) is 32.4 Å². The normalized spacial score (nSPS) is 11.6. The number of nitro groups is 2. The van der Waals surface area contributed by atoms with E-state index >= 15 is 0 Å². The fourth-order valence-corrected chi connectivity index (χ4v) is 4.99. The Labute approximate surface area is 323 Å². The molecule has 19 heteroatoms. The van der Waals surface area contributed by atoms with Gasteiger partial charge < -0.3 is 43.8 Å². The summed E-state index contributed by atoms with van der Waals surface area (Å²) in [5.41, 5.74) is -0.420. The van der Waals surface area contributed by atoms with Gasteiger partial charge >= 0.3 is 11.9 Å². The van der Waals surface area contributed by atoms with Crippen molar-refractivity contribution in [1.82, 2.24) is 10.6 Å². The lowest BCUT2D eigenvalue weighted by Gasteiger charge is -2.16. The number of hydrogen-bond donors (Lipinski definition) is 2. The lowest BCUT2D eigenvalue weighted by atomic mass is 10.1. The Hall–Kier alpha value is -6.24. The fraction of sp³-hybridized carbons (Fsp3) is 0.459. The second-order valence-corrected chi connectivity index (χ2v) is 11.8. The number of carbonyl (C=O) groups excluding carboxylic acids is 4. The van der Waals surface area contributed by atoms with Crippen molar-refractivity contribution in [3.8, 4) is 23.0 Å². The van der Waals surface area contributed by atoms with Crippen LogP contribution in [0.5, 0.6) is 23.0 Å². The molecule has 2 aromatic carbocycles. The molecule has 0 bridgehead atoms. The summed E-state index contributed by atoms with van der Waals surface area (Å²) < 4.78 is 37.7. The Bertz CT molecular complexity index is 1590. The van der Waals surface area contributed by atoms with Crippen LogP contribution < -0.4 is 29.6 Å². The van der Waals surface area contributed by atoms with Crippen LogP contribution in [-0.2, 0) is 33.4 Å². The van der Waals surface area contributed by atoms with E-state index < -0.39 is 34.0 Å². The molecule has 0 aliphatic heterocycles. The van der Waals surface area contributed by atoms with E-state index in [1.165, 1.54) is 52.3 Å². The molecule has 0 aliphatic rings. The highest BCUT2D eigenvalue weighted by molar-refractivity contribution is 5.82. The van der Waals surface area contributed by atoms with Crippen molar-refractivity contribution in [2.24, 2.45) is 0 Å². The molecule has 2 N–H and O–H groups in total. The number of nitrogens with one attached hydrogen (secondary N) is 2. The molecule has 0 heterocycles. The Balaban J connectivity index is 1.63. The maximum absolute atomic E-state index is 12.2. The average Bonchev–Trinajstić information content (AvgIpc) is 3.18. The summed E-state index contributed by atoms with van der Waals surface area (Å²) >= 11 is 0. The smallest absolute Gasteiger partial charge is 0.330 e. The van der Waals surface area contributed by atoms with Gasteiger partial charge in [-0.25, -0.2) is 9.59 Å². The zero-order valence-electron chi connectivity index (χ0n) is 31.8. The predicted octanol–water partition coefficient (Wildman–Crippen LogP) is 4.76. The second kappa shape index (κ2) is 24.2. The van der Waals surface area contributed by atoms with E-state index in [1.54, 1.807) is 0 Å². The van der Waals surface area contributed by atoms with E-state index in [1.807, 2.05) is 0 Å². The molecule has 2 atom stereocenters. The zero-order valence-corrected chi connectivity index (χ0v) is 31.8. The molecule has 0 radical (unpaired) electrons. The largest absolute Gasteiger partial charge is 0.493 e. The van der Waals surface area contributed by atoms with Gasteiger partial charge in [0.05, 0.1) is 67.1 Å². The van der Waals surface area contributed by atoms with E-state index in [-0.39, 0.29) is 96.5 Å². The topological polar surface area (TPSA) is 243 Å². The van der Waals surface area contributed by atoms with Crippen molar-refractivity contribution < 1.29 is 62.2 Å². The highest BCUT2D eigenvalue weighted by atomic mass is 16.6. The fourth-order valence-electron chi connectivity index (χ4n) is 4.99. The molecular weight excluding hydrogens is 740 g/mol. The van der Waals surface area contributed by atoms with Crippen molar-refractivity contribution in [3.63, 3.8) is 0 Å². The van der Waals surface area contributed by atoms with Gasteiger partial charge in [0.15, 0.2) is 23.0 Å². The summed E-state index contributed by atoms with van der Waals surface area (Å²) in [6.45, 7) is 11.0. The van der Waals surface area contributed by atoms with E-state index in [2.05, 4.69) is 23.8 Å². The second-order valence-electron chi connectivity index (χ2n) is 11.8. The Morgan fingerprint density at radius 3 is 1.48 bits per heavy atom. The summed E-state index contributed by atoms with van der Waals surface area (Å²) in [7, 11) is 2.73. The molecule has 56 heavy (non-hydrogen) atoms. The van der Waals surface area contributed by atoms with E-state index in [9.17, 15) is 39.4 Å². The zero-order chi connectivity index (χ0) is 41.6. The van der Waals surface area contributed by atoms with Gasteiger partial charge in [-0.3, -0.25) is 29.8 Å². The van der Waals surface area contributed by atoms with Crippen molar-refractivity contribution in [1.29, 1.82) is 0 Å². The van der Waals surface area contributed by atoms with Crippen LogP contribution in [0.3, 0.4) is 0 Å². The highest BCUT2D eigenvalue weighted by Gasteiger charge is 2.27. The molecule has 0 aliphatic carbocycles. The molecule has 0 spiro atoms. The minimum atomic E-state index is -0.948. The number of benzene rings is 2. The monoisotopic (exact) mass is 788 g/mol. The van der Waals surface area contributed by atoms with Crippen LogP contribution in [-0.4, -0.2) is 87.3 Å². The number of nitrogens with zero attached hydrogens (tertiary/aromatic N) is 2. The van der Waals surface area contributed by atoms with Gasteiger partial charge in [0, 0.05) is 44.7 Å². The van der Waals surface area contributed by atoms with E-state index in [4.69, 9.17) is 33.2 Å². The predicted molar refractivity (Wildman–Crippen MR) is 200 cm³/mol. The van der Waals surface area contributed by atoms with Crippen LogP contribution in [0.25, 0.3) is 0 Å². The van der Waals surface area contributed by atoms with Gasteiger partial charge in [0.2, 0.25) is 11.8 Å². The maximum atomic E-state index is 12.2. The van der Waals surface area contributed by atoms with Crippen LogP contribution in [0, 0.1) is 20.2 Å². The van der Waals surface area contributed by atoms with Crippen LogP contribution >= 0.6 is 0 Å². The van der Waals surface area contributed by atoms with Crippen molar-refractivity contribution in [3.05, 3.63) is 80.9 Å². The van der Waals surface area contributed by atoms with Gasteiger partial charge in [-0.05, 0) is 45.2 Å². The third-order valence-corrected chi connectivity index (χ3v) is 7.78. The number of esters is 2. The number of amides is 2. The van der Waals surface area contributed by atoms with Crippen molar-refractivity contribution >= 4 is 35.1 Å². The number of methoxy groups -OCH3 is 2. The summed E-state index contributed by atoms with van der Waals surface area (Å²) in [5, 5.41) is 28.9. The number of ether oxygens (including phenoxy) is 7. The summed E-state index contributed by atoms with van der Waals surface area (Å²) in [4.78, 5) is 69.7. The van der Waals surface area contributed by atoms with Gasteiger partial charge in [-0.15, -0.1) is 0 Å². The lowest BCUT2D eigenvalue weighted by molar-refractivity contribution is -0.386. The first-order chi connectivity index (χ1) is 26.8. The number of rotatable bonds is 27. The van der Waals surface area contributed by atoms with E-state index in [0.717, 1.165) is 12.2 Å². The van der Waals surface area contributed by atoms with Crippen LogP contribution in [0.2, 0.25) is 0 Å². The Morgan fingerprint density at radius 1 is 0.661 bits per heavy atom. The Morgan fingerprint density at radius 2 is 1.09 bits per heavy atom. The van der Waals surface area contributed by atoms with Crippen LogP contribution in [0.1, 0.15) is 69.3 Å². The minimum absolute atomic E-state index is 0.0707. The van der Waals surface area contributed by atoms with Crippen LogP contribution in [0.15, 0.2) is 49.6 Å². The molecular formula is C37H48N4O15. The van der Waals surface area contributed by atoms with Crippen LogP contribution in [0.4, 0.5) is 11.4 Å². The van der Waals surface area contributed by atoms with Gasteiger partial charge in [-0.2, -0.15) is 0 Å². The SMILES string of the molecule is C=CC(=O)OC(C)c1cc(OC)c(OCCCC(=O)NCCCOCCNC(=O)CCCOc2cc([N+](=O)[O-])c(C(C)OC(=O)C=C)cc2OC)cc1[N+](=O)[O-]. The van der Waals surface area contributed by atoms with Gasteiger partial charge in [0.1, 0.15) is 12.2 Å². The third-order valence-electron chi connectivity index (χ3n) is 7.78. The Kier molecular flexibility index (Phi) is 19.9. The highest BCUT2D eigenvalue weighted by Crippen LogP contribution is 2.40. The van der Waals surface area contributed by atoms with Gasteiger partial charge in [-0.1, -0.05) is 13.2 Å². The van der Waals surface area contributed by atoms with Gasteiger partial charge in [0.25, 0.3) is 11.4 Å². The molecule has 306 valence electrons. The number of hydrogen-bond acceptors (Lipinski definition) is 15. The minimum Gasteiger partial charge on any atom is -0.493 e. The number of nitro benzene ring substituents is 2. The molecule has 2 amide bonds. The summed E-state index contributed by atoms with van der Waals surface area (Å²) in [6.07, 6.45) is 1.44. The first-order valence-corrected chi connectivity index (χ1v) is 17.5. The lowest BCUT2D eigenvalue weighted by Crippen LogP contribution is -2.28. The van der Waals surface area contributed by atoms with Crippen molar-refractivity contribution in [2.75, 3.05) is 53.7 Å². The first kappa shape index (κ1) is 45.9. The molecule has 0 aromatic heterocycles. The molecule has 2 unspecified atom stereocenters. The standard InChI is InChI=1S/C37H48N4O15/c1-7-36(44)55-24(3)26-20-30(50-5)32(22-28(26)40(46)47)53-17-9-12-34(42)38-14-11-16-52-19-15-39-35(43)13-10-18-54-33-23-29(41(48)49)27(21-31(33)51-6)25(4)56-37(45)8-2/h7-8,20-25H,1-2,9-19H2,3-6H3,(H,38,42)(H,39,43). The summed E-state index contributed by atoms with van der Waals surface area (Å²) in [5.74, 6) is -1.34. The molecule has 0 saturated carbocycles. The summed E-state index contributed by atoms with van der Waals surface area (Å²) in [6, 6.07) is 5.09. The number of carbonyl (C=O) groups is 4. The third kappa shape index (κ3) is 15.2. The first-order valence-electron chi connectivity index (χ1n) is 17.5. The molecule has 0 fully saturated rings. The molecule has 2 aromatic rings.